The summed E-state index contributed by atoms with van der Waals surface area (Å²) in [5.41, 5.74) is 3.13. The number of nitrogens with one attached hydrogen (secondary N) is 1. The lowest BCUT2D eigenvalue weighted by molar-refractivity contribution is -0.00805. The number of aliphatic imine (C=N–C) groups is 1. The zero-order valence-electron chi connectivity index (χ0n) is 18.1. The molecule has 8 nitrogen and oxygen atoms in total. The Labute approximate surface area is 186 Å². The van der Waals surface area contributed by atoms with Gasteiger partial charge in [-0.05, 0) is 31.2 Å². The molecule has 1 unspecified atom stereocenters. The van der Waals surface area contributed by atoms with Crippen molar-refractivity contribution in [2.75, 3.05) is 33.4 Å². The molecular formula is C22H28N6O2S. The van der Waals surface area contributed by atoms with E-state index in [2.05, 4.69) is 27.6 Å². The molecule has 0 bridgehead atoms. The van der Waals surface area contributed by atoms with Gasteiger partial charge >= 0.3 is 0 Å². The summed E-state index contributed by atoms with van der Waals surface area (Å²) >= 11 is 1.63. The van der Waals surface area contributed by atoms with Gasteiger partial charge in [0.2, 0.25) is 0 Å². The van der Waals surface area contributed by atoms with E-state index in [9.17, 15) is 0 Å². The van der Waals surface area contributed by atoms with Crippen LogP contribution in [0.5, 0.6) is 5.75 Å². The summed E-state index contributed by atoms with van der Waals surface area (Å²) < 4.78 is 13.0. The normalized spacial score (nSPS) is 17.1. The fraction of sp³-hybridized carbons (Fsp3) is 0.409. The van der Waals surface area contributed by atoms with E-state index in [4.69, 9.17) is 19.5 Å². The van der Waals surface area contributed by atoms with Crippen LogP contribution in [0, 0.1) is 0 Å². The van der Waals surface area contributed by atoms with E-state index in [0.717, 1.165) is 53.2 Å². The van der Waals surface area contributed by atoms with E-state index in [-0.39, 0.29) is 6.10 Å². The maximum Gasteiger partial charge on any atom is 0.194 e. The van der Waals surface area contributed by atoms with Crippen LogP contribution in [0.15, 0.2) is 47.0 Å². The van der Waals surface area contributed by atoms with Crippen LogP contribution in [0.2, 0.25) is 0 Å². The van der Waals surface area contributed by atoms with E-state index in [1.54, 1.807) is 23.1 Å². The summed E-state index contributed by atoms with van der Waals surface area (Å²) in [6, 6.07) is 7.96. The highest BCUT2D eigenvalue weighted by molar-refractivity contribution is 7.13. The third kappa shape index (κ3) is 5.23. The van der Waals surface area contributed by atoms with Gasteiger partial charge in [0, 0.05) is 42.8 Å². The van der Waals surface area contributed by atoms with E-state index in [1.807, 2.05) is 43.7 Å². The Balaban J connectivity index is 1.44. The first-order valence-corrected chi connectivity index (χ1v) is 11.3. The maximum absolute atomic E-state index is 5.97. The third-order valence-corrected chi connectivity index (χ3v) is 6.02. The van der Waals surface area contributed by atoms with Crippen molar-refractivity contribution in [3.8, 4) is 16.3 Å². The van der Waals surface area contributed by atoms with E-state index < -0.39 is 0 Å². The Kier molecular flexibility index (Phi) is 6.83. The van der Waals surface area contributed by atoms with Gasteiger partial charge in [-0.2, -0.15) is 5.10 Å². The zero-order chi connectivity index (χ0) is 21.6. The van der Waals surface area contributed by atoms with Gasteiger partial charge in [0.1, 0.15) is 16.9 Å². The number of morpholine rings is 1. The average Bonchev–Trinajstić information content (AvgIpc) is 3.46. The topological polar surface area (TPSA) is 76.8 Å². The molecule has 0 aliphatic carbocycles. The highest BCUT2D eigenvalue weighted by Gasteiger charge is 2.25. The van der Waals surface area contributed by atoms with Crippen LogP contribution in [0.25, 0.3) is 10.6 Å². The number of ether oxygens (including phenoxy) is 2. The average molecular weight is 441 g/mol. The SMILES string of the molecule is CCNC(=NCc1csc(-c2ccc(OC)cc2)n1)N1CCOC(c2cnn(C)c2)C1. The lowest BCUT2D eigenvalue weighted by atomic mass is 10.1. The van der Waals surface area contributed by atoms with Crippen LogP contribution in [-0.2, 0) is 18.3 Å². The molecule has 164 valence electrons. The lowest BCUT2D eigenvalue weighted by Gasteiger charge is -2.34. The van der Waals surface area contributed by atoms with Gasteiger partial charge in [-0.1, -0.05) is 0 Å². The van der Waals surface area contributed by atoms with E-state index in [0.29, 0.717) is 13.2 Å². The van der Waals surface area contributed by atoms with Crippen LogP contribution in [0.1, 0.15) is 24.3 Å². The number of aromatic nitrogens is 3. The summed E-state index contributed by atoms with van der Waals surface area (Å²) in [5, 5.41) is 10.7. The standard InChI is InChI=1S/C22H28N6O2S/c1-4-23-22(28-9-10-30-20(14-28)17-11-25-27(2)13-17)24-12-18-15-31-21(26-18)16-5-7-19(29-3)8-6-16/h5-8,11,13,15,20H,4,9-10,12,14H2,1-3H3,(H,23,24). The number of benzene rings is 1. The Bertz CT molecular complexity index is 1010. The van der Waals surface area contributed by atoms with E-state index in [1.165, 1.54) is 0 Å². The fourth-order valence-electron chi connectivity index (χ4n) is 3.48. The number of thiazole rings is 1. The second-order valence-electron chi connectivity index (χ2n) is 7.30. The first kappa shape index (κ1) is 21.3. The molecule has 3 heterocycles. The molecule has 3 aromatic rings. The lowest BCUT2D eigenvalue weighted by Crippen LogP contribution is -2.48. The van der Waals surface area contributed by atoms with Crippen molar-refractivity contribution in [1.82, 2.24) is 25.0 Å². The third-order valence-electron chi connectivity index (χ3n) is 5.08. The molecule has 4 rings (SSSR count). The van der Waals surface area contributed by atoms with Crippen LogP contribution in [0.3, 0.4) is 0 Å². The van der Waals surface area contributed by atoms with Crippen LogP contribution < -0.4 is 10.1 Å². The van der Waals surface area contributed by atoms with Gasteiger partial charge in [-0.15, -0.1) is 11.3 Å². The number of methoxy groups -OCH3 is 1. The molecule has 0 radical (unpaired) electrons. The Morgan fingerprint density at radius 3 is 2.90 bits per heavy atom. The van der Waals surface area contributed by atoms with Gasteiger partial charge in [0.15, 0.2) is 5.96 Å². The van der Waals surface area contributed by atoms with E-state index >= 15 is 0 Å². The van der Waals surface area contributed by atoms with Crippen molar-refractivity contribution in [2.24, 2.45) is 12.0 Å². The molecule has 0 spiro atoms. The summed E-state index contributed by atoms with van der Waals surface area (Å²) in [4.78, 5) is 11.9. The quantitative estimate of drug-likeness (QED) is 0.469. The molecule has 1 fully saturated rings. The number of hydrogen-bond donors (Lipinski definition) is 1. The maximum atomic E-state index is 5.97. The molecule has 1 aliphatic rings. The molecule has 9 heteroatoms. The molecule has 0 saturated carbocycles. The molecule has 1 N–H and O–H groups in total. The van der Waals surface area contributed by atoms with Crippen molar-refractivity contribution in [1.29, 1.82) is 0 Å². The van der Waals surface area contributed by atoms with Gasteiger partial charge in [0.25, 0.3) is 0 Å². The number of hydrogen-bond acceptors (Lipinski definition) is 6. The molecular weight excluding hydrogens is 412 g/mol. The van der Waals surface area contributed by atoms with Gasteiger partial charge in [0.05, 0.1) is 38.7 Å². The predicted molar refractivity (Wildman–Crippen MR) is 122 cm³/mol. The van der Waals surface area contributed by atoms with Crippen molar-refractivity contribution >= 4 is 17.3 Å². The van der Waals surface area contributed by atoms with Crippen molar-refractivity contribution in [2.45, 2.75) is 19.6 Å². The van der Waals surface area contributed by atoms with Crippen molar-refractivity contribution in [3.63, 3.8) is 0 Å². The minimum Gasteiger partial charge on any atom is -0.497 e. The van der Waals surface area contributed by atoms with Gasteiger partial charge in [-0.3, -0.25) is 4.68 Å². The minimum atomic E-state index is -0.00717. The predicted octanol–water partition coefficient (Wildman–Crippen LogP) is 3.09. The van der Waals surface area contributed by atoms with Crippen molar-refractivity contribution in [3.05, 3.63) is 53.3 Å². The molecule has 31 heavy (non-hydrogen) atoms. The first-order chi connectivity index (χ1) is 15.2. The highest BCUT2D eigenvalue weighted by atomic mass is 32.1. The van der Waals surface area contributed by atoms with Crippen molar-refractivity contribution < 1.29 is 9.47 Å². The number of nitrogens with zero attached hydrogens (tertiary/aromatic N) is 5. The van der Waals surface area contributed by atoms with Gasteiger partial charge in [-0.25, -0.2) is 9.98 Å². The summed E-state index contributed by atoms with van der Waals surface area (Å²) in [5.74, 6) is 1.73. The molecule has 2 aromatic heterocycles. The smallest absolute Gasteiger partial charge is 0.194 e. The second-order valence-corrected chi connectivity index (χ2v) is 8.15. The zero-order valence-corrected chi connectivity index (χ0v) is 18.9. The molecule has 1 atom stereocenters. The molecule has 1 aromatic carbocycles. The van der Waals surface area contributed by atoms with Crippen LogP contribution >= 0.6 is 11.3 Å². The first-order valence-electron chi connectivity index (χ1n) is 10.4. The molecule has 1 aliphatic heterocycles. The summed E-state index contributed by atoms with van der Waals surface area (Å²) in [6.07, 6.45) is 3.87. The number of guanidine groups is 1. The Hall–Kier alpha value is -2.91. The van der Waals surface area contributed by atoms with Crippen LogP contribution in [0.4, 0.5) is 0 Å². The van der Waals surface area contributed by atoms with Gasteiger partial charge < -0.3 is 19.7 Å². The summed E-state index contributed by atoms with van der Waals surface area (Å²) in [6.45, 7) is 5.62. The molecule has 0 amide bonds. The summed E-state index contributed by atoms with van der Waals surface area (Å²) in [7, 11) is 3.59. The largest absolute Gasteiger partial charge is 0.497 e. The monoisotopic (exact) mass is 440 g/mol. The van der Waals surface area contributed by atoms with Crippen LogP contribution in [-0.4, -0.2) is 59.0 Å². The fourth-order valence-corrected chi connectivity index (χ4v) is 4.29. The molecule has 1 saturated heterocycles. The Morgan fingerprint density at radius 2 is 2.19 bits per heavy atom. The number of rotatable bonds is 6. The second kappa shape index (κ2) is 9.93. The number of aryl methyl sites for hydroxylation is 1. The highest BCUT2D eigenvalue weighted by Crippen LogP contribution is 2.26. The Morgan fingerprint density at radius 1 is 1.35 bits per heavy atom. The minimum absolute atomic E-state index is 0.00717.